The Labute approximate surface area is 157 Å². The third kappa shape index (κ3) is 4.73. The van der Waals surface area contributed by atoms with Gasteiger partial charge < -0.3 is 5.32 Å². The Morgan fingerprint density at radius 2 is 1.69 bits per heavy atom. The first kappa shape index (κ1) is 18.7. The monoisotopic (exact) mass is 350 g/mol. The van der Waals surface area contributed by atoms with Gasteiger partial charge in [-0.05, 0) is 57.5 Å². The second-order valence-corrected chi connectivity index (χ2v) is 7.69. The number of carbonyl (C=O) groups is 1. The molecule has 0 heterocycles. The van der Waals surface area contributed by atoms with E-state index in [0.717, 1.165) is 28.9 Å². The van der Waals surface area contributed by atoms with Crippen molar-refractivity contribution in [3.05, 3.63) is 64.7 Å². The molecular weight excluding hydrogens is 320 g/mol. The molecule has 1 N–H and O–H groups in total. The molecule has 0 unspecified atom stereocenters. The summed E-state index contributed by atoms with van der Waals surface area (Å²) in [5.74, 6) is -0.0374. The first-order valence-electron chi connectivity index (χ1n) is 9.71. The highest BCUT2D eigenvalue weighted by atomic mass is 16.1. The summed E-state index contributed by atoms with van der Waals surface area (Å²) >= 11 is 0. The molecule has 0 bridgehead atoms. The molecule has 0 radical (unpaired) electrons. The van der Waals surface area contributed by atoms with Gasteiger partial charge in [0.1, 0.15) is 0 Å². The zero-order chi connectivity index (χ0) is 18.5. The molecule has 26 heavy (non-hydrogen) atoms. The minimum Gasteiger partial charge on any atom is -0.322 e. The molecule has 3 rings (SSSR count). The van der Waals surface area contributed by atoms with Crippen molar-refractivity contribution in [3.8, 4) is 0 Å². The summed E-state index contributed by atoms with van der Waals surface area (Å²) in [5.41, 5.74) is 5.04. The number of rotatable bonds is 5. The maximum atomic E-state index is 12.7. The fourth-order valence-electron chi connectivity index (χ4n) is 4.00. The van der Waals surface area contributed by atoms with Gasteiger partial charge in [-0.15, -0.1) is 0 Å². The van der Waals surface area contributed by atoms with Crippen molar-refractivity contribution in [3.63, 3.8) is 0 Å². The summed E-state index contributed by atoms with van der Waals surface area (Å²) in [4.78, 5) is 15.2. The summed E-state index contributed by atoms with van der Waals surface area (Å²) in [6.07, 6.45) is 6.61. The van der Waals surface area contributed by atoms with E-state index in [0.29, 0.717) is 6.04 Å². The van der Waals surface area contributed by atoms with Crippen LogP contribution in [0.15, 0.2) is 42.5 Å². The van der Waals surface area contributed by atoms with E-state index in [1.807, 2.05) is 38.1 Å². The van der Waals surface area contributed by atoms with E-state index in [9.17, 15) is 4.79 Å². The normalized spacial score (nSPS) is 15.2. The smallest absolute Gasteiger partial charge is 0.255 e. The molecule has 1 saturated carbocycles. The zero-order valence-electron chi connectivity index (χ0n) is 16.2. The maximum Gasteiger partial charge on any atom is 0.255 e. The van der Waals surface area contributed by atoms with Crippen LogP contribution in [0.25, 0.3) is 0 Å². The first-order valence-corrected chi connectivity index (χ1v) is 9.71. The van der Waals surface area contributed by atoms with Crippen molar-refractivity contribution >= 4 is 11.6 Å². The van der Waals surface area contributed by atoms with Crippen molar-refractivity contribution < 1.29 is 4.79 Å². The van der Waals surface area contributed by atoms with E-state index < -0.39 is 0 Å². The number of hydrogen-bond donors (Lipinski definition) is 1. The van der Waals surface area contributed by atoms with Gasteiger partial charge in [0.2, 0.25) is 0 Å². The number of carbonyl (C=O) groups excluding carboxylic acids is 1. The van der Waals surface area contributed by atoms with Gasteiger partial charge in [0.05, 0.1) is 0 Å². The number of benzene rings is 2. The van der Waals surface area contributed by atoms with E-state index in [4.69, 9.17) is 0 Å². The van der Waals surface area contributed by atoms with Crippen LogP contribution in [-0.4, -0.2) is 23.9 Å². The SMILES string of the molecule is Cc1cc(C)cc(C(=O)Nc2ccccc2CN(C)C2CCCCC2)c1. The Hall–Kier alpha value is -2.13. The number of aryl methyl sites for hydroxylation is 2. The van der Waals surface area contributed by atoms with E-state index in [1.54, 1.807) is 0 Å². The predicted octanol–water partition coefficient (Wildman–Crippen LogP) is 5.32. The van der Waals surface area contributed by atoms with Crippen LogP contribution in [-0.2, 0) is 6.54 Å². The molecule has 3 nitrogen and oxygen atoms in total. The molecule has 1 amide bonds. The topological polar surface area (TPSA) is 32.3 Å². The lowest BCUT2D eigenvalue weighted by Gasteiger charge is -2.31. The van der Waals surface area contributed by atoms with Crippen molar-refractivity contribution in [2.24, 2.45) is 0 Å². The van der Waals surface area contributed by atoms with Crippen LogP contribution in [0, 0.1) is 13.8 Å². The number of nitrogens with zero attached hydrogens (tertiary/aromatic N) is 1. The van der Waals surface area contributed by atoms with E-state index in [1.165, 1.54) is 37.7 Å². The van der Waals surface area contributed by atoms with Gasteiger partial charge in [-0.3, -0.25) is 9.69 Å². The molecule has 0 aromatic heterocycles. The Balaban J connectivity index is 1.73. The van der Waals surface area contributed by atoms with Gasteiger partial charge >= 0.3 is 0 Å². The molecule has 138 valence electrons. The second-order valence-electron chi connectivity index (χ2n) is 7.69. The van der Waals surface area contributed by atoms with Crippen molar-refractivity contribution in [1.82, 2.24) is 4.90 Å². The Morgan fingerprint density at radius 1 is 1.04 bits per heavy atom. The standard InChI is InChI=1S/C23H30N2O/c1-17-13-18(2)15-20(14-17)23(26)24-22-12-8-7-9-19(22)16-25(3)21-10-5-4-6-11-21/h7-9,12-15,21H,4-6,10-11,16H2,1-3H3,(H,24,26). The van der Waals surface area contributed by atoms with E-state index >= 15 is 0 Å². The highest BCUT2D eigenvalue weighted by Gasteiger charge is 2.19. The highest BCUT2D eigenvalue weighted by Crippen LogP contribution is 2.25. The molecule has 0 saturated heterocycles. The number of para-hydroxylation sites is 1. The van der Waals surface area contributed by atoms with Crippen LogP contribution in [0.4, 0.5) is 5.69 Å². The lowest BCUT2D eigenvalue weighted by molar-refractivity contribution is 0.102. The molecule has 2 aromatic rings. The summed E-state index contributed by atoms with van der Waals surface area (Å²) in [7, 11) is 2.21. The second kappa shape index (κ2) is 8.50. The van der Waals surface area contributed by atoms with Gasteiger partial charge in [-0.1, -0.05) is 54.7 Å². The molecule has 1 aliphatic rings. The van der Waals surface area contributed by atoms with Crippen LogP contribution >= 0.6 is 0 Å². The van der Waals surface area contributed by atoms with Crippen LogP contribution < -0.4 is 5.32 Å². The molecule has 1 fully saturated rings. The highest BCUT2D eigenvalue weighted by molar-refractivity contribution is 6.04. The third-order valence-electron chi connectivity index (χ3n) is 5.37. The van der Waals surface area contributed by atoms with Gasteiger partial charge in [0.15, 0.2) is 0 Å². The zero-order valence-corrected chi connectivity index (χ0v) is 16.2. The summed E-state index contributed by atoms with van der Waals surface area (Å²) < 4.78 is 0. The number of anilines is 1. The number of amides is 1. The third-order valence-corrected chi connectivity index (χ3v) is 5.37. The Morgan fingerprint density at radius 3 is 2.38 bits per heavy atom. The summed E-state index contributed by atoms with van der Waals surface area (Å²) in [5, 5.41) is 3.12. The Kier molecular flexibility index (Phi) is 6.10. The lowest BCUT2D eigenvalue weighted by atomic mass is 9.94. The first-order chi connectivity index (χ1) is 12.5. The molecule has 3 heteroatoms. The number of nitrogens with one attached hydrogen (secondary N) is 1. The average molecular weight is 351 g/mol. The number of hydrogen-bond acceptors (Lipinski definition) is 2. The van der Waals surface area contributed by atoms with Gasteiger partial charge in [-0.2, -0.15) is 0 Å². The van der Waals surface area contributed by atoms with Gasteiger partial charge in [-0.25, -0.2) is 0 Å². The predicted molar refractivity (Wildman–Crippen MR) is 109 cm³/mol. The van der Waals surface area contributed by atoms with Crippen molar-refractivity contribution in [1.29, 1.82) is 0 Å². The molecule has 0 aliphatic heterocycles. The van der Waals surface area contributed by atoms with E-state index in [-0.39, 0.29) is 5.91 Å². The van der Waals surface area contributed by atoms with E-state index in [2.05, 4.69) is 35.5 Å². The molecule has 0 spiro atoms. The van der Waals surface area contributed by atoms with Crippen LogP contribution in [0.5, 0.6) is 0 Å². The van der Waals surface area contributed by atoms with Crippen LogP contribution in [0.2, 0.25) is 0 Å². The van der Waals surface area contributed by atoms with Crippen molar-refractivity contribution in [2.45, 2.75) is 58.5 Å². The summed E-state index contributed by atoms with van der Waals surface area (Å²) in [6.45, 7) is 4.92. The quantitative estimate of drug-likeness (QED) is 0.791. The average Bonchev–Trinajstić information content (AvgIpc) is 2.63. The largest absolute Gasteiger partial charge is 0.322 e. The fourth-order valence-corrected chi connectivity index (χ4v) is 4.00. The Bertz CT molecular complexity index is 742. The summed E-state index contributed by atoms with van der Waals surface area (Å²) in [6, 6.07) is 14.8. The van der Waals surface area contributed by atoms with Gasteiger partial charge in [0.25, 0.3) is 5.91 Å². The molecule has 2 aromatic carbocycles. The minimum absolute atomic E-state index is 0.0374. The van der Waals surface area contributed by atoms with Crippen LogP contribution in [0.1, 0.15) is 59.2 Å². The van der Waals surface area contributed by atoms with Gasteiger partial charge in [0, 0.05) is 23.8 Å². The fraction of sp³-hybridized carbons (Fsp3) is 0.435. The molecule has 1 aliphatic carbocycles. The molecule has 0 atom stereocenters. The maximum absolute atomic E-state index is 12.7. The minimum atomic E-state index is -0.0374. The molecular formula is C23H30N2O. The van der Waals surface area contributed by atoms with Crippen LogP contribution in [0.3, 0.4) is 0 Å². The van der Waals surface area contributed by atoms with Crippen molar-refractivity contribution in [2.75, 3.05) is 12.4 Å². The lowest BCUT2D eigenvalue weighted by Crippen LogP contribution is -2.33.